The van der Waals surface area contributed by atoms with Gasteiger partial charge in [-0.1, -0.05) is 63.6 Å². The Morgan fingerprint density at radius 1 is 1.11 bits per heavy atom. The van der Waals surface area contributed by atoms with Gasteiger partial charge in [0.05, 0.1) is 6.61 Å². The van der Waals surface area contributed by atoms with Crippen molar-refractivity contribution in [3.05, 3.63) is 77.7 Å². The van der Waals surface area contributed by atoms with Gasteiger partial charge in [0.15, 0.2) is 0 Å². The molecule has 1 unspecified atom stereocenters. The Balaban J connectivity index is 1.87. The topological polar surface area (TPSA) is 90.9 Å². The van der Waals surface area contributed by atoms with Gasteiger partial charge in [-0.2, -0.15) is 0 Å². The van der Waals surface area contributed by atoms with Gasteiger partial charge < -0.3 is 14.0 Å². The van der Waals surface area contributed by atoms with E-state index in [0.717, 1.165) is 17.5 Å². The Bertz CT molecular complexity index is 1290. The Hall–Kier alpha value is -3.00. The second-order valence-electron chi connectivity index (χ2n) is 8.80. The number of fused-ring (bicyclic) bond motifs is 1. The molecule has 7 nitrogen and oxygen atoms in total. The molecule has 0 fully saturated rings. The summed E-state index contributed by atoms with van der Waals surface area (Å²) in [4.78, 5) is 25.2. The van der Waals surface area contributed by atoms with Gasteiger partial charge in [0.1, 0.15) is 23.3 Å². The number of rotatable bonds is 14. The van der Waals surface area contributed by atoms with E-state index in [2.05, 4.69) is 11.7 Å². The quantitative estimate of drug-likeness (QED) is 0.124. The van der Waals surface area contributed by atoms with E-state index in [9.17, 15) is 14.2 Å². The van der Waals surface area contributed by atoms with Crippen molar-refractivity contribution in [1.82, 2.24) is 5.09 Å². The highest BCUT2D eigenvalue weighted by Gasteiger charge is 2.41. The average molecular weight is 562 g/mol. The van der Waals surface area contributed by atoms with E-state index in [4.69, 9.17) is 14.0 Å². The molecule has 0 aliphatic rings. The second kappa shape index (κ2) is 13.7. The fourth-order valence-corrected chi connectivity index (χ4v) is 6.51. The number of carbonyl (C=O) groups excluding carboxylic acids is 2. The van der Waals surface area contributed by atoms with Crippen molar-refractivity contribution in [2.75, 3.05) is 13.2 Å². The zero-order valence-corrected chi connectivity index (χ0v) is 23.4. The lowest BCUT2D eigenvalue weighted by Gasteiger charge is -2.26. The number of nitrogens with one attached hydrogen (secondary N) is 1. The van der Waals surface area contributed by atoms with E-state index < -0.39 is 31.4 Å². The molecule has 1 aromatic heterocycles. The smallest absolute Gasteiger partial charge is 0.355 e. The van der Waals surface area contributed by atoms with Gasteiger partial charge in [-0.3, -0.25) is 9.36 Å². The Kier molecular flexibility index (Phi) is 10.6. The van der Waals surface area contributed by atoms with Gasteiger partial charge in [0.25, 0.3) is 0 Å². The van der Waals surface area contributed by atoms with Crippen molar-refractivity contribution in [2.24, 2.45) is 5.92 Å². The number of halogens is 1. The number of hydrogen-bond acceptors (Lipinski definition) is 7. The Morgan fingerprint density at radius 3 is 2.47 bits per heavy atom. The summed E-state index contributed by atoms with van der Waals surface area (Å²) in [6, 6.07) is 13.4. The SMILES string of the molecule is C=CCOC(=O)c1cc2cc([C@H](F)P(=O)(N[C@@H](C)C(=O)OCC(CC)CC)Oc3ccccc3)ccc2s1. The molecule has 0 bridgehead atoms. The molecule has 0 radical (unpaired) electrons. The number of benzene rings is 2. The molecule has 3 aromatic rings. The highest BCUT2D eigenvalue weighted by Crippen LogP contribution is 2.58. The molecule has 0 saturated heterocycles. The lowest BCUT2D eigenvalue weighted by Crippen LogP contribution is -2.36. The highest BCUT2D eigenvalue weighted by molar-refractivity contribution is 7.57. The molecule has 204 valence electrons. The first-order valence-corrected chi connectivity index (χ1v) is 15.0. The van der Waals surface area contributed by atoms with Gasteiger partial charge in [0, 0.05) is 4.70 Å². The minimum atomic E-state index is -4.35. The molecule has 0 aliphatic carbocycles. The van der Waals surface area contributed by atoms with Crippen LogP contribution in [0.3, 0.4) is 0 Å². The zero-order chi connectivity index (χ0) is 27.7. The summed E-state index contributed by atoms with van der Waals surface area (Å²) in [7, 11) is -4.35. The lowest BCUT2D eigenvalue weighted by molar-refractivity contribution is -0.146. The maximum atomic E-state index is 16.1. The Labute approximate surface area is 226 Å². The molecular formula is C28H33FNO6PS. The summed E-state index contributed by atoms with van der Waals surface area (Å²) in [6.45, 7) is 9.31. The van der Waals surface area contributed by atoms with Gasteiger partial charge >= 0.3 is 19.5 Å². The van der Waals surface area contributed by atoms with Crippen LogP contribution in [0.5, 0.6) is 5.75 Å². The van der Waals surface area contributed by atoms with Crippen molar-refractivity contribution < 1.29 is 32.5 Å². The third kappa shape index (κ3) is 7.53. The summed E-state index contributed by atoms with van der Waals surface area (Å²) in [5, 5.41) is 3.18. The van der Waals surface area contributed by atoms with E-state index in [-0.39, 0.29) is 30.4 Å². The molecular weight excluding hydrogens is 528 g/mol. The van der Waals surface area contributed by atoms with Crippen LogP contribution in [0, 0.1) is 5.92 Å². The molecule has 3 atom stereocenters. The first-order valence-electron chi connectivity index (χ1n) is 12.4. The van der Waals surface area contributed by atoms with Crippen LogP contribution in [0.4, 0.5) is 4.39 Å². The van der Waals surface area contributed by atoms with Gasteiger partial charge in [-0.25, -0.2) is 14.3 Å². The van der Waals surface area contributed by atoms with Crippen molar-refractivity contribution in [2.45, 2.75) is 45.6 Å². The van der Waals surface area contributed by atoms with E-state index in [1.165, 1.54) is 36.5 Å². The minimum absolute atomic E-state index is 0.0747. The molecule has 0 amide bonds. The summed E-state index contributed by atoms with van der Waals surface area (Å²) in [5.74, 6) is -2.87. The monoisotopic (exact) mass is 561 g/mol. The fraction of sp³-hybridized carbons (Fsp3) is 0.357. The van der Waals surface area contributed by atoms with Gasteiger partial charge in [0.2, 0.25) is 5.91 Å². The largest absolute Gasteiger partial charge is 0.464 e. The number of ether oxygens (including phenoxy) is 2. The number of alkyl halides is 1. The fourth-order valence-electron chi connectivity index (χ4n) is 3.66. The lowest BCUT2D eigenvalue weighted by atomic mass is 10.1. The van der Waals surface area contributed by atoms with Gasteiger partial charge in [-0.15, -0.1) is 11.3 Å². The van der Waals surface area contributed by atoms with Crippen LogP contribution >= 0.6 is 18.9 Å². The third-order valence-corrected chi connectivity index (χ3v) is 9.20. The molecule has 2 aromatic carbocycles. The first kappa shape index (κ1) is 29.6. The number of thiophene rings is 1. The van der Waals surface area contributed by atoms with Crippen molar-refractivity contribution in [3.8, 4) is 5.75 Å². The van der Waals surface area contributed by atoms with Crippen LogP contribution in [-0.4, -0.2) is 31.2 Å². The first-order chi connectivity index (χ1) is 18.2. The van der Waals surface area contributed by atoms with Crippen molar-refractivity contribution in [3.63, 3.8) is 0 Å². The molecule has 0 saturated carbocycles. The van der Waals surface area contributed by atoms with E-state index in [1.807, 2.05) is 13.8 Å². The van der Waals surface area contributed by atoms with Crippen LogP contribution in [0.25, 0.3) is 10.1 Å². The maximum Gasteiger partial charge on any atom is 0.355 e. The molecule has 10 heteroatoms. The summed E-state index contributed by atoms with van der Waals surface area (Å²) in [5.41, 5.74) is 0.0747. The van der Waals surface area contributed by atoms with Crippen molar-refractivity contribution >= 4 is 40.9 Å². The predicted molar refractivity (Wildman–Crippen MR) is 148 cm³/mol. The second-order valence-corrected chi connectivity index (χ2v) is 12.0. The van der Waals surface area contributed by atoms with E-state index in [0.29, 0.717) is 10.3 Å². The number of para-hydroxylation sites is 1. The summed E-state index contributed by atoms with van der Waals surface area (Å²) >= 11 is 1.20. The van der Waals surface area contributed by atoms with Crippen LogP contribution < -0.4 is 9.61 Å². The maximum absolute atomic E-state index is 16.1. The number of hydrogen-bond donors (Lipinski definition) is 1. The molecule has 38 heavy (non-hydrogen) atoms. The zero-order valence-electron chi connectivity index (χ0n) is 21.7. The minimum Gasteiger partial charge on any atom is -0.464 e. The van der Waals surface area contributed by atoms with E-state index in [1.54, 1.807) is 42.5 Å². The normalized spacial score (nSPS) is 14.4. The molecule has 1 N–H and O–H groups in total. The number of carbonyl (C=O) groups is 2. The third-order valence-electron chi connectivity index (χ3n) is 5.97. The number of esters is 2. The molecule has 0 aliphatic heterocycles. The molecule has 0 spiro atoms. The van der Waals surface area contributed by atoms with Crippen LogP contribution in [-0.2, 0) is 18.8 Å². The van der Waals surface area contributed by atoms with Gasteiger partial charge in [-0.05, 0) is 54.1 Å². The van der Waals surface area contributed by atoms with Crippen LogP contribution in [0.15, 0.2) is 67.3 Å². The average Bonchev–Trinajstić information content (AvgIpc) is 3.35. The summed E-state index contributed by atoms with van der Waals surface area (Å²) in [6.07, 6.45) is 3.18. The molecule has 1 heterocycles. The highest BCUT2D eigenvalue weighted by atomic mass is 32.1. The summed E-state index contributed by atoms with van der Waals surface area (Å²) < 4.78 is 47.0. The Morgan fingerprint density at radius 2 is 1.82 bits per heavy atom. The standard InChI is InChI=1S/C28H33FNO6PS/c1-5-15-34-28(32)25-17-22-16-21(13-14-24(22)38-25)26(29)37(33,36-23-11-9-8-10-12-23)30-19(4)27(31)35-18-20(6-2)7-3/h5,8-14,16-17,19-20,26H,1,6-7,15,18H2,2-4H3,(H,30,33)/t19-,26+,37?/m0/s1. The van der Waals surface area contributed by atoms with Crippen molar-refractivity contribution in [1.29, 1.82) is 0 Å². The van der Waals surface area contributed by atoms with Crippen LogP contribution in [0.1, 0.15) is 54.8 Å². The van der Waals surface area contributed by atoms with E-state index >= 15 is 4.39 Å². The van der Waals surface area contributed by atoms with Crippen LogP contribution in [0.2, 0.25) is 0 Å². The molecule has 3 rings (SSSR count). The predicted octanol–water partition coefficient (Wildman–Crippen LogP) is 7.44.